The molecule has 0 saturated carbocycles. The van der Waals surface area contributed by atoms with Gasteiger partial charge in [-0.15, -0.1) is 10.2 Å². The van der Waals surface area contributed by atoms with Crippen molar-refractivity contribution in [2.45, 2.75) is 6.54 Å². The van der Waals surface area contributed by atoms with Crippen LogP contribution in [0.4, 0.5) is 0 Å². The van der Waals surface area contributed by atoms with E-state index in [0.717, 1.165) is 5.56 Å². The summed E-state index contributed by atoms with van der Waals surface area (Å²) >= 11 is 0. The van der Waals surface area contributed by atoms with E-state index in [9.17, 15) is 4.79 Å². The zero-order chi connectivity index (χ0) is 16.9. The first-order chi connectivity index (χ1) is 11.7. The molecule has 0 aliphatic rings. The molecule has 0 fully saturated rings. The van der Waals surface area contributed by atoms with Crippen molar-refractivity contribution in [3.63, 3.8) is 0 Å². The third-order valence-corrected chi connectivity index (χ3v) is 3.48. The standard InChI is InChI=1S/C17H16N4O3/c1-23-14-8-6-12(7-9-14)16(22)11-21-19-17(18-20-21)13-4-3-5-15(10-13)24-2/h3-10H,11H2,1-2H3. The SMILES string of the molecule is COc1ccc(C(=O)Cn2nnc(-c3cccc(OC)c3)n2)cc1. The van der Waals surface area contributed by atoms with E-state index < -0.39 is 0 Å². The molecule has 7 heteroatoms. The van der Waals surface area contributed by atoms with Crippen LogP contribution in [0.25, 0.3) is 11.4 Å². The summed E-state index contributed by atoms with van der Waals surface area (Å²) in [6, 6.07) is 14.2. The van der Waals surface area contributed by atoms with Gasteiger partial charge in [-0.25, -0.2) is 0 Å². The minimum absolute atomic E-state index is 0.0172. The lowest BCUT2D eigenvalue weighted by atomic mass is 10.1. The number of Topliss-reactive ketones (excluding diaryl/α,β-unsaturated/α-hetero) is 1. The van der Waals surface area contributed by atoms with Crippen molar-refractivity contribution in [2.75, 3.05) is 14.2 Å². The molecule has 0 aliphatic heterocycles. The number of ketones is 1. The number of methoxy groups -OCH3 is 2. The van der Waals surface area contributed by atoms with Crippen LogP contribution in [0.3, 0.4) is 0 Å². The predicted octanol–water partition coefficient (Wildman–Crippen LogP) is 2.24. The number of carbonyl (C=O) groups excluding carboxylic acids is 1. The van der Waals surface area contributed by atoms with Crippen molar-refractivity contribution in [1.29, 1.82) is 0 Å². The fourth-order valence-electron chi connectivity index (χ4n) is 2.18. The number of aromatic nitrogens is 4. The van der Waals surface area contributed by atoms with E-state index in [-0.39, 0.29) is 12.3 Å². The van der Waals surface area contributed by atoms with Gasteiger partial charge in [-0.2, -0.15) is 4.80 Å². The molecule has 1 heterocycles. The molecule has 24 heavy (non-hydrogen) atoms. The fraction of sp³-hybridized carbons (Fsp3) is 0.176. The normalized spacial score (nSPS) is 10.4. The van der Waals surface area contributed by atoms with E-state index in [0.29, 0.717) is 22.9 Å². The topological polar surface area (TPSA) is 79.1 Å². The molecule has 0 saturated heterocycles. The van der Waals surface area contributed by atoms with E-state index in [4.69, 9.17) is 9.47 Å². The van der Waals surface area contributed by atoms with Gasteiger partial charge < -0.3 is 9.47 Å². The molecule has 0 radical (unpaired) electrons. The third kappa shape index (κ3) is 3.40. The van der Waals surface area contributed by atoms with E-state index in [1.165, 1.54) is 4.80 Å². The van der Waals surface area contributed by atoms with Crippen molar-refractivity contribution < 1.29 is 14.3 Å². The van der Waals surface area contributed by atoms with Crippen LogP contribution in [0, 0.1) is 0 Å². The van der Waals surface area contributed by atoms with Crippen LogP contribution in [-0.2, 0) is 6.54 Å². The average Bonchev–Trinajstić information content (AvgIpc) is 3.10. The molecule has 122 valence electrons. The summed E-state index contributed by atoms with van der Waals surface area (Å²) in [5.74, 6) is 1.74. The molecular weight excluding hydrogens is 308 g/mol. The Morgan fingerprint density at radius 1 is 1.04 bits per heavy atom. The minimum atomic E-state index is -0.104. The number of hydrogen-bond donors (Lipinski definition) is 0. The Morgan fingerprint density at radius 2 is 1.79 bits per heavy atom. The molecular formula is C17H16N4O3. The Kier molecular flexibility index (Phi) is 4.51. The Labute approximate surface area is 138 Å². The minimum Gasteiger partial charge on any atom is -0.497 e. The lowest BCUT2D eigenvalue weighted by molar-refractivity contribution is 0.0961. The molecule has 0 bridgehead atoms. The maximum atomic E-state index is 12.3. The highest BCUT2D eigenvalue weighted by atomic mass is 16.5. The Morgan fingerprint density at radius 3 is 2.50 bits per heavy atom. The van der Waals surface area contributed by atoms with Crippen LogP contribution >= 0.6 is 0 Å². The molecule has 2 aromatic carbocycles. The van der Waals surface area contributed by atoms with Gasteiger partial charge in [0.2, 0.25) is 5.82 Å². The summed E-state index contributed by atoms with van der Waals surface area (Å²) in [4.78, 5) is 13.5. The quantitative estimate of drug-likeness (QED) is 0.647. The van der Waals surface area contributed by atoms with Crippen molar-refractivity contribution in [3.8, 4) is 22.9 Å². The van der Waals surface area contributed by atoms with Gasteiger partial charge in [0.05, 0.1) is 14.2 Å². The summed E-state index contributed by atoms with van der Waals surface area (Å²) in [5.41, 5.74) is 1.34. The number of rotatable bonds is 6. The maximum Gasteiger partial charge on any atom is 0.205 e. The van der Waals surface area contributed by atoms with E-state index in [2.05, 4.69) is 15.4 Å². The zero-order valence-corrected chi connectivity index (χ0v) is 13.3. The number of carbonyl (C=O) groups is 1. The average molecular weight is 324 g/mol. The fourth-order valence-corrected chi connectivity index (χ4v) is 2.18. The van der Waals surface area contributed by atoms with Gasteiger partial charge in [-0.05, 0) is 41.6 Å². The van der Waals surface area contributed by atoms with Gasteiger partial charge in [0, 0.05) is 11.1 Å². The second kappa shape index (κ2) is 6.91. The molecule has 3 aromatic rings. The van der Waals surface area contributed by atoms with Gasteiger partial charge in [-0.3, -0.25) is 4.79 Å². The van der Waals surface area contributed by atoms with Crippen LogP contribution in [0.5, 0.6) is 11.5 Å². The monoisotopic (exact) mass is 324 g/mol. The first kappa shape index (κ1) is 15.7. The number of ether oxygens (including phenoxy) is 2. The maximum absolute atomic E-state index is 12.3. The van der Waals surface area contributed by atoms with Crippen molar-refractivity contribution >= 4 is 5.78 Å². The van der Waals surface area contributed by atoms with Gasteiger partial charge >= 0.3 is 0 Å². The van der Waals surface area contributed by atoms with Crippen LogP contribution in [0.2, 0.25) is 0 Å². The first-order valence-corrected chi connectivity index (χ1v) is 7.29. The molecule has 7 nitrogen and oxygen atoms in total. The van der Waals surface area contributed by atoms with Gasteiger partial charge in [0.25, 0.3) is 0 Å². The van der Waals surface area contributed by atoms with Gasteiger partial charge in [0.1, 0.15) is 18.0 Å². The Hall–Kier alpha value is -3.22. The van der Waals surface area contributed by atoms with Crippen molar-refractivity contribution in [1.82, 2.24) is 20.2 Å². The summed E-state index contributed by atoms with van der Waals surface area (Å²) in [7, 11) is 3.17. The van der Waals surface area contributed by atoms with Gasteiger partial charge in [0.15, 0.2) is 5.78 Å². The van der Waals surface area contributed by atoms with Crippen molar-refractivity contribution in [3.05, 3.63) is 54.1 Å². The summed E-state index contributed by atoms with van der Waals surface area (Å²) in [6.07, 6.45) is 0. The van der Waals surface area contributed by atoms with Crippen LogP contribution < -0.4 is 9.47 Å². The molecule has 3 rings (SSSR count). The highest BCUT2D eigenvalue weighted by Gasteiger charge is 2.11. The van der Waals surface area contributed by atoms with Crippen LogP contribution in [-0.4, -0.2) is 40.2 Å². The van der Waals surface area contributed by atoms with Crippen LogP contribution in [0.15, 0.2) is 48.5 Å². The Bertz CT molecular complexity index is 843. The molecule has 0 spiro atoms. The highest BCUT2D eigenvalue weighted by Crippen LogP contribution is 2.20. The molecule has 0 atom stereocenters. The number of hydrogen-bond acceptors (Lipinski definition) is 6. The Balaban J connectivity index is 1.74. The third-order valence-electron chi connectivity index (χ3n) is 3.48. The smallest absolute Gasteiger partial charge is 0.205 e. The number of tetrazole rings is 1. The van der Waals surface area contributed by atoms with E-state index in [1.54, 1.807) is 38.5 Å². The molecule has 0 aliphatic carbocycles. The zero-order valence-electron chi connectivity index (χ0n) is 13.3. The largest absolute Gasteiger partial charge is 0.497 e. The summed E-state index contributed by atoms with van der Waals surface area (Å²) in [6.45, 7) is 0.0172. The first-order valence-electron chi connectivity index (χ1n) is 7.29. The number of benzene rings is 2. The van der Waals surface area contributed by atoms with Crippen LogP contribution in [0.1, 0.15) is 10.4 Å². The molecule has 0 amide bonds. The summed E-state index contributed by atoms with van der Waals surface area (Å²) in [5, 5.41) is 12.2. The summed E-state index contributed by atoms with van der Waals surface area (Å²) < 4.78 is 10.3. The molecule has 0 unspecified atom stereocenters. The predicted molar refractivity (Wildman–Crippen MR) is 87.1 cm³/mol. The lowest BCUT2D eigenvalue weighted by Crippen LogP contribution is -2.13. The molecule has 0 N–H and O–H groups in total. The van der Waals surface area contributed by atoms with E-state index in [1.807, 2.05) is 24.3 Å². The second-order valence-electron chi connectivity index (χ2n) is 5.03. The second-order valence-corrected chi connectivity index (χ2v) is 5.03. The highest BCUT2D eigenvalue weighted by molar-refractivity contribution is 5.95. The van der Waals surface area contributed by atoms with Gasteiger partial charge in [-0.1, -0.05) is 12.1 Å². The van der Waals surface area contributed by atoms with Crippen molar-refractivity contribution in [2.24, 2.45) is 0 Å². The molecule has 1 aromatic heterocycles. The number of nitrogens with zero attached hydrogens (tertiary/aromatic N) is 4. The van der Waals surface area contributed by atoms with E-state index >= 15 is 0 Å². The lowest BCUT2D eigenvalue weighted by Gasteiger charge is -2.02.